The second-order valence-corrected chi connectivity index (χ2v) is 5.41. The summed E-state index contributed by atoms with van der Waals surface area (Å²) in [5, 5.41) is 4.05. The van der Waals surface area contributed by atoms with Gasteiger partial charge in [-0.2, -0.15) is 11.8 Å². The molecular weight excluding hydrogens is 210 g/mol. The highest BCUT2D eigenvalue weighted by Crippen LogP contribution is 2.35. The van der Waals surface area contributed by atoms with E-state index in [-0.39, 0.29) is 5.97 Å². The quantitative estimate of drug-likeness (QED) is 0.731. The highest BCUT2D eigenvalue weighted by molar-refractivity contribution is 7.99. The molecule has 4 heteroatoms. The van der Waals surface area contributed by atoms with Crippen molar-refractivity contribution in [3.63, 3.8) is 0 Å². The van der Waals surface area contributed by atoms with Crippen molar-refractivity contribution in [2.24, 2.45) is 5.92 Å². The summed E-state index contributed by atoms with van der Waals surface area (Å²) < 4.78 is 4.62. The van der Waals surface area contributed by atoms with Crippen LogP contribution >= 0.6 is 11.8 Å². The molecule has 0 saturated heterocycles. The summed E-state index contributed by atoms with van der Waals surface area (Å²) in [5.74, 6) is 1.49. The van der Waals surface area contributed by atoms with Crippen LogP contribution in [0.2, 0.25) is 0 Å². The van der Waals surface area contributed by atoms with Crippen LogP contribution in [0.5, 0.6) is 0 Å². The van der Waals surface area contributed by atoms with Gasteiger partial charge < -0.3 is 10.1 Å². The topological polar surface area (TPSA) is 38.3 Å². The average Bonchev–Trinajstić information content (AvgIpc) is 2.60. The third kappa shape index (κ3) is 3.68. The Morgan fingerprint density at radius 2 is 2.27 bits per heavy atom. The van der Waals surface area contributed by atoms with Gasteiger partial charge in [0.15, 0.2) is 0 Å². The lowest BCUT2D eigenvalue weighted by Gasteiger charge is -2.19. The predicted octanol–water partition coefficient (Wildman–Crippen LogP) is 1.67. The maximum absolute atomic E-state index is 10.9. The molecule has 0 aliphatic heterocycles. The zero-order valence-electron chi connectivity index (χ0n) is 9.79. The Kier molecular flexibility index (Phi) is 5.47. The Morgan fingerprint density at radius 1 is 1.53 bits per heavy atom. The molecule has 0 amide bonds. The smallest absolute Gasteiger partial charge is 0.306 e. The van der Waals surface area contributed by atoms with Gasteiger partial charge in [0.05, 0.1) is 13.5 Å². The molecule has 88 valence electrons. The van der Waals surface area contributed by atoms with Gasteiger partial charge in [0.1, 0.15) is 0 Å². The van der Waals surface area contributed by atoms with Gasteiger partial charge >= 0.3 is 5.97 Å². The zero-order valence-corrected chi connectivity index (χ0v) is 10.6. The fraction of sp³-hybridized carbons (Fsp3) is 0.909. The van der Waals surface area contributed by atoms with Crippen molar-refractivity contribution in [2.75, 3.05) is 19.9 Å². The van der Waals surface area contributed by atoms with Gasteiger partial charge in [0.2, 0.25) is 0 Å². The second kappa shape index (κ2) is 6.38. The van der Waals surface area contributed by atoms with Crippen molar-refractivity contribution < 1.29 is 9.53 Å². The van der Waals surface area contributed by atoms with Crippen LogP contribution in [0.25, 0.3) is 0 Å². The molecule has 0 aromatic carbocycles. The highest BCUT2D eigenvalue weighted by Gasteiger charge is 2.31. The number of rotatable bonds is 5. The summed E-state index contributed by atoms with van der Waals surface area (Å²) in [4.78, 5) is 10.9. The molecular formula is C11H21NO2S. The fourth-order valence-corrected chi connectivity index (χ4v) is 3.55. The summed E-state index contributed by atoms with van der Waals surface area (Å²) in [6.45, 7) is 2.30. The van der Waals surface area contributed by atoms with Gasteiger partial charge in [-0.15, -0.1) is 0 Å². The van der Waals surface area contributed by atoms with Crippen LogP contribution in [-0.2, 0) is 9.53 Å². The van der Waals surface area contributed by atoms with E-state index in [1.807, 2.05) is 18.8 Å². The van der Waals surface area contributed by atoms with Gasteiger partial charge in [0, 0.05) is 17.0 Å². The van der Waals surface area contributed by atoms with Gasteiger partial charge in [-0.05, 0) is 25.8 Å². The summed E-state index contributed by atoms with van der Waals surface area (Å²) in [5.41, 5.74) is 0. The molecule has 1 fully saturated rings. The molecule has 3 nitrogen and oxygen atoms in total. The molecule has 1 rings (SSSR count). The normalized spacial score (nSPS) is 30.5. The van der Waals surface area contributed by atoms with Crippen molar-refractivity contribution in [2.45, 2.75) is 37.5 Å². The lowest BCUT2D eigenvalue weighted by atomic mass is 10.1. The number of nitrogens with one attached hydrogen (secondary N) is 1. The number of carbonyl (C=O) groups excluding carboxylic acids is 1. The summed E-state index contributed by atoms with van der Waals surface area (Å²) in [7, 11) is 3.48. The van der Waals surface area contributed by atoms with Crippen LogP contribution in [0.15, 0.2) is 0 Å². The Labute approximate surface area is 96.3 Å². The van der Waals surface area contributed by atoms with Gasteiger partial charge in [-0.25, -0.2) is 0 Å². The first-order valence-corrected chi connectivity index (χ1v) is 6.59. The number of hydrogen-bond acceptors (Lipinski definition) is 4. The predicted molar refractivity (Wildman–Crippen MR) is 64.1 cm³/mol. The molecule has 1 saturated carbocycles. The van der Waals surface area contributed by atoms with E-state index < -0.39 is 0 Å². The maximum atomic E-state index is 10.9. The van der Waals surface area contributed by atoms with Crippen molar-refractivity contribution in [3.05, 3.63) is 0 Å². The van der Waals surface area contributed by atoms with Crippen molar-refractivity contribution in [1.29, 1.82) is 0 Å². The van der Waals surface area contributed by atoms with E-state index in [9.17, 15) is 4.79 Å². The minimum absolute atomic E-state index is 0.0988. The third-order valence-corrected chi connectivity index (χ3v) is 4.75. The number of thioether (sulfide) groups is 1. The lowest BCUT2D eigenvalue weighted by molar-refractivity contribution is -0.140. The minimum atomic E-state index is -0.0988. The van der Waals surface area contributed by atoms with Crippen molar-refractivity contribution >= 4 is 17.7 Å². The molecule has 0 spiro atoms. The molecule has 0 heterocycles. The first-order chi connectivity index (χ1) is 7.19. The number of esters is 1. The van der Waals surface area contributed by atoms with E-state index in [4.69, 9.17) is 0 Å². The number of methoxy groups -OCH3 is 1. The second-order valence-electron chi connectivity index (χ2n) is 4.07. The van der Waals surface area contributed by atoms with Crippen molar-refractivity contribution in [3.8, 4) is 0 Å². The van der Waals surface area contributed by atoms with Gasteiger partial charge in [-0.1, -0.05) is 6.92 Å². The molecule has 1 N–H and O–H groups in total. The van der Waals surface area contributed by atoms with E-state index in [2.05, 4.69) is 17.0 Å². The van der Waals surface area contributed by atoms with Crippen LogP contribution in [-0.4, -0.2) is 37.2 Å². The molecule has 1 aliphatic rings. The SMILES string of the molecule is CNC1CCC(SCCC(=O)OC)C1C. The molecule has 15 heavy (non-hydrogen) atoms. The Hall–Kier alpha value is -0.220. The molecule has 0 radical (unpaired) electrons. The standard InChI is InChI=1S/C11H21NO2S/c1-8-9(12-2)4-5-10(8)15-7-6-11(13)14-3/h8-10,12H,4-7H2,1-3H3. The van der Waals surface area contributed by atoms with Crippen LogP contribution in [0.3, 0.4) is 0 Å². The van der Waals surface area contributed by atoms with Crippen molar-refractivity contribution in [1.82, 2.24) is 5.32 Å². The van der Waals surface area contributed by atoms with E-state index in [0.29, 0.717) is 23.6 Å². The zero-order chi connectivity index (χ0) is 11.3. The Morgan fingerprint density at radius 3 is 2.80 bits per heavy atom. The lowest BCUT2D eigenvalue weighted by Crippen LogP contribution is -2.30. The Bertz CT molecular complexity index is 211. The highest BCUT2D eigenvalue weighted by atomic mass is 32.2. The molecule has 0 bridgehead atoms. The van der Waals surface area contributed by atoms with E-state index >= 15 is 0 Å². The average molecular weight is 231 g/mol. The molecule has 3 atom stereocenters. The van der Waals surface area contributed by atoms with Crippen LogP contribution in [0, 0.1) is 5.92 Å². The monoisotopic (exact) mass is 231 g/mol. The minimum Gasteiger partial charge on any atom is -0.469 e. The van der Waals surface area contributed by atoms with Crippen LogP contribution in [0.4, 0.5) is 0 Å². The first kappa shape index (κ1) is 12.8. The van der Waals surface area contributed by atoms with Gasteiger partial charge in [-0.3, -0.25) is 4.79 Å². The Balaban J connectivity index is 2.20. The van der Waals surface area contributed by atoms with E-state index in [1.165, 1.54) is 20.0 Å². The third-order valence-electron chi connectivity index (χ3n) is 3.22. The molecule has 1 aliphatic carbocycles. The van der Waals surface area contributed by atoms with Gasteiger partial charge in [0.25, 0.3) is 0 Å². The summed E-state index contributed by atoms with van der Waals surface area (Å²) in [6, 6.07) is 0.653. The maximum Gasteiger partial charge on any atom is 0.306 e. The molecule has 0 aromatic rings. The van der Waals surface area contributed by atoms with Crippen LogP contribution < -0.4 is 5.32 Å². The molecule has 3 unspecified atom stereocenters. The number of hydrogen-bond donors (Lipinski definition) is 1. The summed E-state index contributed by atoms with van der Waals surface area (Å²) >= 11 is 1.91. The fourth-order valence-electron chi connectivity index (χ4n) is 2.17. The van der Waals surface area contributed by atoms with E-state index in [1.54, 1.807) is 0 Å². The summed E-state index contributed by atoms with van der Waals surface area (Å²) in [6.07, 6.45) is 3.06. The van der Waals surface area contributed by atoms with Crippen LogP contribution in [0.1, 0.15) is 26.2 Å². The largest absolute Gasteiger partial charge is 0.469 e. The van der Waals surface area contributed by atoms with E-state index in [0.717, 1.165) is 5.75 Å². The number of ether oxygens (including phenoxy) is 1. The molecule has 0 aromatic heterocycles. The number of carbonyl (C=O) groups is 1. The first-order valence-electron chi connectivity index (χ1n) is 5.54.